The van der Waals surface area contributed by atoms with Gasteiger partial charge in [-0.3, -0.25) is 4.79 Å². The van der Waals surface area contributed by atoms with Crippen molar-refractivity contribution in [1.29, 1.82) is 0 Å². The van der Waals surface area contributed by atoms with Gasteiger partial charge in [-0.15, -0.1) is 0 Å². The van der Waals surface area contributed by atoms with E-state index in [-0.39, 0.29) is 17.9 Å². The molecule has 0 aromatic carbocycles. The average Bonchev–Trinajstić information content (AvgIpc) is 2.53. The van der Waals surface area contributed by atoms with Gasteiger partial charge in [0.05, 0.1) is 17.9 Å². The standard InChI is InChI=1S/C17H25N3O2/c1-13(2)5-7-17(11-21)6-4-8-20(10-17)16(22)15-9-18-12-19-14(15)3/h5,9,12,21H,4,6-8,10-11H2,1-3H3/t17-/m0/s1. The summed E-state index contributed by atoms with van der Waals surface area (Å²) in [6, 6.07) is 0. The second-order valence-electron chi connectivity index (χ2n) is 6.50. The molecule has 1 atom stereocenters. The van der Waals surface area contributed by atoms with Crippen molar-refractivity contribution in [3.05, 3.63) is 35.4 Å². The van der Waals surface area contributed by atoms with Crippen molar-refractivity contribution in [3.63, 3.8) is 0 Å². The number of aromatic nitrogens is 2. The molecule has 0 spiro atoms. The minimum Gasteiger partial charge on any atom is -0.396 e. The Morgan fingerprint density at radius 1 is 1.50 bits per heavy atom. The van der Waals surface area contributed by atoms with E-state index >= 15 is 0 Å². The summed E-state index contributed by atoms with van der Waals surface area (Å²) in [6.45, 7) is 7.35. The van der Waals surface area contributed by atoms with E-state index in [0.29, 0.717) is 17.8 Å². The summed E-state index contributed by atoms with van der Waals surface area (Å²) >= 11 is 0. The summed E-state index contributed by atoms with van der Waals surface area (Å²) in [4.78, 5) is 22.6. The van der Waals surface area contributed by atoms with Gasteiger partial charge in [0.25, 0.3) is 5.91 Å². The summed E-state index contributed by atoms with van der Waals surface area (Å²) in [7, 11) is 0. The van der Waals surface area contributed by atoms with Crippen LogP contribution >= 0.6 is 0 Å². The zero-order valence-corrected chi connectivity index (χ0v) is 13.7. The van der Waals surface area contributed by atoms with Gasteiger partial charge in [0, 0.05) is 24.7 Å². The molecule has 1 aromatic heterocycles. The van der Waals surface area contributed by atoms with E-state index in [1.807, 2.05) is 11.8 Å². The monoisotopic (exact) mass is 303 g/mol. The van der Waals surface area contributed by atoms with Gasteiger partial charge in [0.1, 0.15) is 6.33 Å². The molecule has 0 saturated carbocycles. The fourth-order valence-corrected chi connectivity index (χ4v) is 2.93. The predicted molar refractivity (Wildman–Crippen MR) is 85.5 cm³/mol. The molecular formula is C17H25N3O2. The lowest BCUT2D eigenvalue weighted by molar-refractivity contribution is 0.0283. The van der Waals surface area contributed by atoms with E-state index in [1.165, 1.54) is 11.9 Å². The van der Waals surface area contributed by atoms with Crippen molar-refractivity contribution in [2.45, 2.75) is 40.0 Å². The number of hydrogen-bond acceptors (Lipinski definition) is 4. The number of piperidine rings is 1. The molecule has 1 aromatic rings. The highest BCUT2D eigenvalue weighted by molar-refractivity contribution is 5.95. The number of carbonyl (C=O) groups is 1. The van der Waals surface area contributed by atoms with Gasteiger partial charge in [-0.25, -0.2) is 9.97 Å². The third kappa shape index (κ3) is 3.71. The Bertz CT molecular complexity index is 567. The molecule has 0 aliphatic carbocycles. The van der Waals surface area contributed by atoms with Crippen LogP contribution in [0, 0.1) is 12.3 Å². The molecule has 1 N–H and O–H groups in total. The number of carbonyl (C=O) groups excluding carboxylic acids is 1. The Morgan fingerprint density at radius 2 is 2.27 bits per heavy atom. The maximum absolute atomic E-state index is 12.7. The SMILES string of the molecule is CC(C)=CC[C@@]1(CO)CCCN(C(=O)c2cncnc2C)C1. The lowest BCUT2D eigenvalue weighted by Gasteiger charge is -2.41. The van der Waals surface area contributed by atoms with Gasteiger partial charge in [0.15, 0.2) is 0 Å². The predicted octanol–water partition coefficient (Wildman–Crippen LogP) is 2.36. The van der Waals surface area contributed by atoms with Gasteiger partial charge in [0.2, 0.25) is 0 Å². The summed E-state index contributed by atoms with van der Waals surface area (Å²) in [5.41, 5.74) is 2.26. The Morgan fingerprint density at radius 3 is 2.91 bits per heavy atom. The highest BCUT2D eigenvalue weighted by Crippen LogP contribution is 2.34. The molecule has 5 nitrogen and oxygen atoms in total. The maximum Gasteiger partial charge on any atom is 0.257 e. The number of hydrogen-bond donors (Lipinski definition) is 1. The first-order valence-corrected chi connectivity index (χ1v) is 7.77. The van der Waals surface area contributed by atoms with Crippen LogP contribution in [-0.4, -0.2) is 45.6 Å². The van der Waals surface area contributed by atoms with Gasteiger partial charge < -0.3 is 10.0 Å². The van der Waals surface area contributed by atoms with Crippen LogP contribution in [0.1, 0.15) is 49.2 Å². The van der Waals surface area contributed by atoms with Gasteiger partial charge >= 0.3 is 0 Å². The van der Waals surface area contributed by atoms with Crippen molar-refractivity contribution in [3.8, 4) is 0 Å². The van der Waals surface area contributed by atoms with E-state index in [9.17, 15) is 9.90 Å². The van der Waals surface area contributed by atoms with Gasteiger partial charge in [-0.2, -0.15) is 0 Å². The molecule has 1 aliphatic rings. The number of likely N-dealkylation sites (tertiary alicyclic amines) is 1. The number of aliphatic hydroxyl groups excluding tert-OH is 1. The molecule has 2 rings (SSSR count). The highest BCUT2D eigenvalue weighted by atomic mass is 16.3. The number of aryl methyl sites for hydroxylation is 1. The largest absolute Gasteiger partial charge is 0.396 e. The van der Waals surface area contributed by atoms with E-state index < -0.39 is 0 Å². The molecule has 0 unspecified atom stereocenters. The van der Waals surface area contributed by atoms with E-state index in [4.69, 9.17) is 0 Å². The number of amides is 1. The molecule has 0 radical (unpaired) electrons. The number of nitrogens with zero attached hydrogens (tertiary/aromatic N) is 3. The lowest BCUT2D eigenvalue weighted by atomic mass is 9.77. The second kappa shape index (κ2) is 7.01. The van der Waals surface area contributed by atoms with E-state index in [1.54, 1.807) is 6.20 Å². The summed E-state index contributed by atoms with van der Waals surface area (Å²) in [6.07, 6.45) is 7.85. The third-order valence-electron chi connectivity index (χ3n) is 4.37. The van der Waals surface area contributed by atoms with Crippen molar-refractivity contribution >= 4 is 5.91 Å². The normalized spacial score (nSPS) is 21.5. The molecule has 22 heavy (non-hydrogen) atoms. The van der Waals surface area contributed by atoms with Crippen LogP contribution in [0.3, 0.4) is 0 Å². The number of aliphatic hydroxyl groups is 1. The molecule has 1 fully saturated rings. The van der Waals surface area contributed by atoms with Crippen molar-refractivity contribution < 1.29 is 9.90 Å². The highest BCUT2D eigenvalue weighted by Gasteiger charge is 2.36. The topological polar surface area (TPSA) is 66.3 Å². The fourth-order valence-electron chi connectivity index (χ4n) is 2.93. The second-order valence-corrected chi connectivity index (χ2v) is 6.50. The summed E-state index contributed by atoms with van der Waals surface area (Å²) < 4.78 is 0. The quantitative estimate of drug-likeness (QED) is 0.867. The first kappa shape index (κ1) is 16.6. The van der Waals surface area contributed by atoms with Crippen LogP contribution in [0.5, 0.6) is 0 Å². The van der Waals surface area contributed by atoms with Gasteiger partial charge in [-0.05, 0) is 40.0 Å². The van der Waals surface area contributed by atoms with Gasteiger partial charge in [-0.1, -0.05) is 11.6 Å². The summed E-state index contributed by atoms with van der Waals surface area (Å²) in [5, 5.41) is 9.89. The van der Waals surface area contributed by atoms with Crippen LogP contribution in [-0.2, 0) is 0 Å². The third-order valence-corrected chi connectivity index (χ3v) is 4.37. The van der Waals surface area contributed by atoms with Crippen LogP contribution in [0.15, 0.2) is 24.2 Å². The minimum absolute atomic E-state index is 0.0344. The fraction of sp³-hybridized carbons (Fsp3) is 0.588. The minimum atomic E-state index is -0.227. The maximum atomic E-state index is 12.7. The smallest absolute Gasteiger partial charge is 0.257 e. The molecule has 2 heterocycles. The van der Waals surface area contributed by atoms with Crippen LogP contribution < -0.4 is 0 Å². The van der Waals surface area contributed by atoms with Crippen molar-refractivity contribution in [2.24, 2.45) is 5.41 Å². The van der Waals surface area contributed by atoms with Crippen molar-refractivity contribution in [2.75, 3.05) is 19.7 Å². The molecule has 1 amide bonds. The molecular weight excluding hydrogens is 278 g/mol. The summed E-state index contributed by atoms with van der Waals surface area (Å²) in [5.74, 6) is -0.0344. The zero-order chi connectivity index (χ0) is 16.2. The molecule has 0 bridgehead atoms. The van der Waals surface area contributed by atoms with E-state index in [2.05, 4.69) is 29.9 Å². The Labute approximate surface area is 132 Å². The van der Waals surface area contributed by atoms with Crippen molar-refractivity contribution in [1.82, 2.24) is 14.9 Å². The van der Waals surface area contributed by atoms with Crippen LogP contribution in [0.2, 0.25) is 0 Å². The molecule has 1 saturated heterocycles. The van der Waals surface area contributed by atoms with Crippen LogP contribution in [0.25, 0.3) is 0 Å². The first-order valence-electron chi connectivity index (χ1n) is 7.77. The molecule has 120 valence electrons. The van der Waals surface area contributed by atoms with E-state index in [0.717, 1.165) is 25.8 Å². The Balaban J connectivity index is 2.17. The van der Waals surface area contributed by atoms with Crippen LogP contribution in [0.4, 0.5) is 0 Å². The molecule has 1 aliphatic heterocycles. The zero-order valence-electron chi connectivity index (χ0n) is 13.7. The Kier molecular flexibility index (Phi) is 5.29. The lowest BCUT2D eigenvalue weighted by Crippen LogP contribution is -2.48. The number of rotatable bonds is 4. The molecule has 5 heteroatoms. The number of allylic oxidation sites excluding steroid dienone is 2. The Hall–Kier alpha value is -1.75. The first-order chi connectivity index (χ1) is 10.5. The average molecular weight is 303 g/mol.